The monoisotopic (exact) mass is 569 g/mol. The number of hydrogen-bond acceptors (Lipinski definition) is 11. The number of imidazole rings is 1. The van der Waals surface area contributed by atoms with Crippen LogP contribution in [0.2, 0.25) is 0 Å². The van der Waals surface area contributed by atoms with Crippen LogP contribution < -0.4 is 10.1 Å². The number of nitriles is 1. The summed E-state index contributed by atoms with van der Waals surface area (Å²) in [5, 5.41) is 22.1. The van der Waals surface area contributed by atoms with Crippen LogP contribution in [0, 0.1) is 25.2 Å². The number of aryl methyl sites for hydroxylation is 2. The van der Waals surface area contributed by atoms with E-state index >= 15 is 0 Å². The molecule has 0 saturated carbocycles. The van der Waals surface area contributed by atoms with Gasteiger partial charge < -0.3 is 10.1 Å². The molecule has 0 fully saturated rings. The molecule has 0 aliphatic heterocycles. The first-order chi connectivity index (χ1) is 19.3. The van der Waals surface area contributed by atoms with Gasteiger partial charge in [-0.1, -0.05) is 17.3 Å². The number of hydrogen-bond donors (Lipinski definition) is 1. The summed E-state index contributed by atoms with van der Waals surface area (Å²) in [5.74, 6) is 1.39. The highest BCUT2D eigenvalue weighted by atomic mass is 32.2. The van der Waals surface area contributed by atoms with Crippen molar-refractivity contribution in [3.8, 4) is 29.0 Å². The average molecular weight is 570 g/mol. The van der Waals surface area contributed by atoms with E-state index in [0.29, 0.717) is 40.1 Å². The molecule has 0 amide bonds. The summed E-state index contributed by atoms with van der Waals surface area (Å²) in [6.07, 6.45) is 5.19. The Morgan fingerprint density at radius 1 is 1.07 bits per heavy atom. The summed E-state index contributed by atoms with van der Waals surface area (Å²) in [5.41, 5.74) is 4.72. The minimum absolute atomic E-state index is 0.343. The number of thiophene rings is 1. The third-order valence-electron chi connectivity index (χ3n) is 5.95. The highest BCUT2D eigenvalue weighted by molar-refractivity contribution is 7.88. The summed E-state index contributed by atoms with van der Waals surface area (Å²) < 4.78 is 34.0. The lowest BCUT2D eigenvalue weighted by molar-refractivity contribution is 0.463. The second kappa shape index (κ2) is 9.88. The molecule has 0 aliphatic carbocycles. The molecule has 4 aromatic heterocycles. The fraction of sp³-hybridized carbons (Fsp3) is 0.0769. The van der Waals surface area contributed by atoms with E-state index in [1.54, 1.807) is 36.4 Å². The van der Waals surface area contributed by atoms with Crippen molar-refractivity contribution >= 4 is 43.4 Å². The van der Waals surface area contributed by atoms with Gasteiger partial charge >= 0.3 is 10.2 Å². The standard InChI is InChI=1S/C26H19N9O3S2/c1-16-11-18(13-27)12-17(2)23(16)38-25-24-21(7-10-39-24)30-26(31-25)29-20-5-3-19(4-6-20)22-14-35(33-32-22)40(36,37)34-9-8-28-15-34/h3-12,14-15H,1-2H3,(H,29,30,31). The van der Waals surface area contributed by atoms with E-state index in [9.17, 15) is 13.7 Å². The molecule has 40 heavy (non-hydrogen) atoms. The van der Waals surface area contributed by atoms with Gasteiger partial charge in [-0.15, -0.1) is 20.5 Å². The first-order valence-corrected chi connectivity index (χ1v) is 14.1. The number of fused-ring (bicyclic) bond motifs is 1. The minimum Gasteiger partial charge on any atom is -0.437 e. The molecule has 14 heteroatoms. The zero-order valence-electron chi connectivity index (χ0n) is 21.0. The highest BCUT2D eigenvalue weighted by Crippen LogP contribution is 2.36. The van der Waals surface area contributed by atoms with E-state index in [4.69, 9.17) is 4.74 Å². The van der Waals surface area contributed by atoms with Gasteiger partial charge in [0.25, 0.3) is 0 Å². The maximum Gasteiger partial charge on any atom is 0.351 e. The third-order valence-corrected chi connectivity index (χ3v) is 8.25. The molecular weight excluding hydrogens is 550 g/mol. The van der Waals surface area contributed by atoms with Gasteiger partial charge in [-0.2, -0.15) is 18.7 Å². The Hall–Kier alpha value is -5.13. The quantitative estimate of drug-likeness (QED) is 0.283. The van der Waals surface area contributed by atoms with Gasteiger partial charge in [-0.05, 0) is 60.7 Å². The summed E-state index contributed by atoms with van der Waals surface area (Å²) in [4.78, 5) is 13.0. The fourth-order valence-corrected chi connectivity index (χ4v) is 5.75. The lowest BCUT2D eigenvalue weighted by Gasteiger charge is -2.13. The zero-order chi connectivity index (χ0) is 27.9. The van der Waals surface area contributed by atoms with Crippen LogP contribution in [-0.4, -0.2) is 41.7 Å². The maximum atomic E-state index is 12.6. The van der Waals surface area contributed by atoms with E-state index in [0.717, 1.165) is 29.4 Å². The van der Waals surface area contributed by atoms with Crippen LogP contribution in [0.1, 0.15) is 16.7 Å². The maximum absolute atomic E-state index is 12.6. The number of nitrogens with zero attached hydrogens (tertiary/aromatic N) is 8. The molecule has 0 radical (unpaired) electrons. The van der Waals surface area contributed by atoms with Crippen LogP contribution in [0.5, 0.6) is 11.6 Å². The third kappa shape index (κ3) is 4.64. The Morgan fingerprint density at radius 2 is 1.85 bits per heavy atom. The predicted molar refractivity (Wildman–Crippen MR) is 149 cm³/mol. The van der Waals surface area contributed by atoms with Crippen LogP contribution in [-0.2, 0) is 10.2 Å². The highest BCUT2D eigenvalue weighted by Gasteiger charge is 2.19. The topological polar surface area (TPSA) is 154 Å². The normalized spacial score (nSPS) is 11.4. The van der Waals surface area contributed by atoms with Gasteiger partial charge in [-0.3, -0.25) is 0 Å². The van der Waals surface area contributed by atoms with Crippen LogP contribution in [0.3, 0.4) is 0 Å². The van der Waals surface area contributed by atoms with Gasteiger partial charge in [0.2, 0.25) is 11.8 Å². The van der Waals surface area contributed by atoms with E-state index in [2.05, 4.69) is 36.7 Å². The van der Waals surface area contributed by atoms with Gasteiger partial charge in [0.05, 0.1) is 23.3 Å². The summed E-state index contributed by atoms with van der Waals surface area (Å²) in [6, 6.07) is 14.8. The van der Waals surface area contributed by atoms with Gasteiger partial charge in [0.1, 0.15) is 22.5 Å². The van der Waals surface area contributed by atoms with Crippen molar-refractivity contribution in [2.75, 3.05) is 5.32 Å². The number of nitrogens with one attached hydrogen (secondary N) is 1. The summed E-state index contributed by atoms with van der Waals surface area (Å²) in [7, 11) is -3.94. The molecule has 198 valence electrons. The SMILES string of the molecule is Cc1cc(C#N)cc(C)c1Oc1nc(Nc2ccc(-c3cn(S(=O)(=O)n4ccnc4)nn3)cc2)nc2ccsc12. The van der Waals surface area contributed by atoms with Crippen molar-refractivity contribution in [3.05, 3.63) is 89.5 Å². The van der Waals surface area contributed by atoms with E-state index < -0.39 is 10.2 Å². The van der Waals surface area contributed by atoms with Gasteiger partial charge in [0, 0.05) is 23.6 Å². The van der Waals surface area contributed by atoms with E-state index in [1.165, 1.54) is 36.3 Å². The Morgan fingerprint density at radius 3 is 2.55 bits per heavy atom. The van der Waals surface area contributed by atoms with Crippen LogP contribution in [0.15, 0.2) is 72.8 Å². The van der Waals surface area contributed by atoms with Crippen molar-refractivity contribution < 1.29 is 13.2 Å². The molecule has 2 aromatic carbocycles. The van der Waals surface area contributed by atoms with Crippen molar-refractivity contribution in [1.82, 2.24) is 33.3 Å². The molecule has 6 aromatic rings. The van der Waals surface area contributed by atoms with Crippen molar-refractivity contribution in [2.45, 2.75) is 13.8 Å². The Labute approximate surface area is 232 Å². The molecule has 0 atom stereocenters. The number of rotatable bonds is 7. The zero-order valence-corrected chi connectivity index (χ0v) is 22.7. The molecule has 12 nitrogen and oxygen atoms in total. The number of aromatic nitrogens is 7. The van der Waals surface area contributed by atoms with Gasteiger partial charge in [0.15, 0.2) is 0 Å². The smallest absolute Gasteiger partial charge is 0.351 e. The molecule has 6 rings (SSSR count). The molecule has 0 bridgehead atoms. The Kier molecular flexibility index (Phi) is 6.21. The van der Waals surface area contributed by atoms with Crippen LogP contribution >= 0.6 is 11.3 Å². The second-order valence-corrected chi connectivity index (χ2v) is 11.3. The molecule has 0 unspecified atom stereocenters. The lowest BCUT2D eigenvalue weighted by atomic mass is 10.1. The molecular formula is C26H19N9O3S2. The largest absolute Gasteiger partial charge is 0.437 e. The van der Waals surface area contributed by atoms with Crippen molar-refractivity contribution in [1.29, 1.82) is 5.26 Å². The second-order valence-electron chi connectivity index (χ2n) is 8.72. The van der Waals surface area contributed by atoms with E-state index in [-0.39, 0.29) is 0 Å². The molecule has 4 heterocycles. The number of anilines is 2. The first-order valence-electron chi connectivity index (χ1n) is 11.8. The average Bonchev–Trinajstić information content (AvgIpc) is 3.73. The van der Waals surface area contributed by atoms with Crippen molar-refractivity contribution in [3.63, 3.8) is 0 Å². The summed E-state index contributed by atoms with van der Waals surface area (Å²) >= 11 is 1.48. The summed E-state index contributed by atoms with van der Waals surface area (Å²) in [6.45, 7) is 3.78. The lowest BCUT2D eigenvalue weighted by Crippen LogP contribution is -2.20. The Bertz CT molecular complexity index is 1980. The van der Waals surface area contributed by atoms with E-state index in [1.807, 2.05) is 25.3 Å². The molecule has 0 aliphatic rings. The Balaban J connectivity index is 1.25. The molecule has 0 spiro atoms. The van der Waals surface area contributed by atoms with Crippen molar-refractivity contribution in [2.24, 2.45) is 0 Å². The number of benzene rings is 2. The first kappa shape index (κ1) is 25.2. The molecule has 1 N–H and O–H groups in total. The fourth-order valence-electron chi connectivity index (χ4n) is 4.06. The van der Waals surface area contributed by atoms with Gasteiger partial charge in [-0.25, -0.2) is 13.9 Å². The minimum atomic E-state index is -3.94. The van der Waals surface area contributed by atoms with Crippen LogP contribution in [0.4, 0.5) is 11.6 Å². The number of ether oxygens (including phenoxy) is 1. The molecule has 0 saturated heterocycles. The predicted octanol–water partition coefficient (Wildman–Crippen LogP) is 4.81. The van der Waals surface area contributed by atoms with Crippen LogP contribution in [0.25, 0.3) is 21.5 Å².